The molecular weight excluding hydrogens is 248 g/mol. The third-order valence-electron chi connectivity index (χ3n) is 3.67. The van der Waals surface area contributed by atoms with E-state index in [0.717, 1.165) is 40.1 Å². The van der Waals surface area contributed by atoms with Gasteiger partial charge < -0.3 is 15.0 Å². The Morgan fingerprint density at radius 1 is 1.10 bits per heavy atom. The molecule has 0 saturated heterocycles. The maximum atomic E-state index is 6.38. The van der Waals surface area contributed by atoms with Crippen LogP contribution in [0.4, 0.5) is 5.69 Å². The van der Waals surface area contributed by atoms with Crippen LogP contribution in [0.2, 0.25) is 0 Å². The van der Waals surface area contributed by atoms with Crippen LogP contribution in [0.1, 0.15) is 6.92 Å². The zero-order valence-corrected chi connectivity index (χ0v) is 11.8. The Balaban J connectivity index is 2.34. The molecule has 0 radical (unpaired) electrons. The number of hydrogen-bond donors (Lipinski definition) is 1. The van der Waals surface area contributed by atoms with Gasteiger partial charge in [0.25, 0.3) is 0 Å². The molecule has 1 heterocycles. The molecule has 3 heteroatoms. The molecule has 0 fully saturated rings. The summed E-state index contributed by atoms with van der Waals surface area (Å²) in [4.78, 5) is 0. The Morgan fingerprint density at radius 3 is 2.50 bits per heavy atom. The van der Waals surface area contributed by atoms with Crippen LogP contribution < -0.4 is 10.5 Å². The fourth-order valence-electron chi connectivity index (χ4n) is 2.72. The monoisotopic (exact) mass is 266 g/mol. The Hall–Kier alpha value is -2.42. The molecule has 0 aliphatic carbocycles. The normalized spacial score (nSPS) is 10.9. The molecule has 3 rings (SSSR count). The molecular formula is C17H18N2O. The largest absolute Gasteiger partial charge is 0.497 e. The number of fused-ring (bicyclic) bond motifs is 1. The highest BCUT2D eigenvalue weighted by Crippen LogP contribution is 2.37. The van der Waals surface area contributed by atoms with Gasteiger partial charge in [0.05, 0.1) is 24.0 Å². The summed E-state index contributed by atoms with van der Waals surface area (Å²) in [6.45, 7) is 3.00. The first-order valence-electron chi connectivity index (χ1n) is 6.77. The molecule has 0 unspecified atom stereocenters. The van der Waals surface area contributed by atoms with Gasteiger partial charge in [-0.2, -0.15) is 0 Å². The smallest absolute Gasteiger partial charge is 0.120 e. The van der Waals surface area contributed by atoms with Crippen molar-refractivity contribution in [2.45, 2.75) is 13.5 Å². The Morgan fingerprint density at radius 2 is 1.85 bits per heavy atom. The lowest BCUT2D eigenvalue weighted by molar-refractivity contribution is 0.415. The molecule has 3 aromatic rings. The number of nitrogens with zero attached hydrogens (tertiary/aromatic N) is 1. The zero-order valence-electron chi connectivity index (χ0n) is 11.8. The van der Waals surface area contributed by atoms with Crippen molar-refractivity contribution in [2.24, 2.45) is 0 Å². The number of ether oxygens (including phenoxy) is 1. The van der Waals surface area contributed by atoms with Crippen LogP contribution in [0, 0.1) is 0 Å². The van der Waals surface area contributed by atoms with Gasteiger partial charge in [0.2, 0.25) is 0 Å². The fourth-order valence-corrected chi connectivity index (χ4v) is 2.72. The Bertz CT molecular complexity index is 745. The summed E-state index contributed by atoms with van der Waals surface area (Å²) in [5.74, 6) is 0.851. The van der Waals surface area contributed by atoms with Gasteiger partial charge in [-0.25, -0.2) is 0 Å². The van der Waals surface area contributed by atoms with Crippen molar-refractivity contribution in [1.82, 2.24) is 4.57 Å². The molecule has 102 valence electrons. The molecule has 0 bridgehead atoms. The first-order valence-corrected chi connectivity index (χ1v) is 6.77. The second kappa shape index (κ2) is 4.93. The average molecular weight is 266 g/mol. The number of nitrogen functional groups attached to an aromatic ring is 1. The highest BCUT2D eigenvalue weighted by atomic mass is 16.5. The van der Waals surface area contributed by atoms with Gasteiger partial charge in [-0.1, -0.05) is 30.3 Å². The third-order valence-corrected chi connectivity index (χ3v) is 3.67. The minimum Gasteiger partial charge on any atom is -0.497 e. The fraction of sp³-hybridized carbons (Fsp3) is 0.176. The van der Waals surface area contributed by atoms with Crippen molar-refractivity contribution >= 4 is 16.6 Å². The topological polar surface area (TPSA) is 40.2 Å². The third kappa shape index (κ3) is 1.83. The Labute approximate surface area is 118 Å². The lowest BCUT2D eigenvalue weighted by Crippen LogP contribution is -1.98. The van der Waals surface area contributed by atoms with Gasteiger partial charge in [-0.15, -0.1) is 0 Å². The maximum absolute atomic E-state index is 6.38. The Kier molecular flexibility index (Phi) is 3.11. The molecule has 20 heavy (non-hydrogen) atoms. The van der Waals surface area contributed by atoms with Crippen LogP contribution in [0.3, 0.4) is 0 Å². The summed E-state index contributed by atoms with van der Waals surface area (Å²) in [7, 11) is 1.68. The second-order valence-corrected chi connectivity index (χ2v) is 4.76. The van der Waals surface area contributed by atoms with Crippen LogP contribution in [0.5, 0.6) is 5.75 Å². The van der Waals surface area contributed by atoms with E-state index in [1.54, 1.807) is 7.11 Å². The maximum Gasteiger partial charge on any atom is 0.120 e. The first kappa shape index (κ1) is 12.6. The number of rotatable bonds is 3. The number of benzene rings is 2. The molecule has 1 aromatic heterocycles. The van der Waals surface area contributed by atoms with Gasteiger partial charge >= 0.3 is 0 Å². The molecule has 0 aliphatic rings. The molecule has 0 saturated carbocycles. The summed E-state index contributed by atoms with van der Waals surface area (Å²) in [6, 6.07) is 16.3. The van der Waals surface area contributed by atoms with E-state index >= 15 is 0 Å². The van der Waals surface area contributed by atoms with Crippen molar-refractivity contribution in [3.63, 3.8) is 0 Å². The van der Waals surface area contributed by atoms with E-state index in [4.69, 9.17) is 10.5 Å². The van der Waals surface area contributed by atoms with Crippen molar-refractivity contribution in [2.75, 3.05) is 12.8 Å². The summed E-state index contributed by atoms with van der Waals surface area (Å²) >= 11 is 0. The number of aromatic nitrogens is 1. The summed E-state index contributed by atoms with van der Waals surface area (Å²) in [5, 5.41) is 1.08. The minimum atomic E-state index is 0.829. The summed E-state index contributed by atoms with van der Waals surface area (Å²) in [5.41, 5.74) is 10.5. The van der Waals surface area contributed by atoms with E-state index in [1.807, 2.05) is 36.4 Å². The number of nitrogens with two attached hydrogens (primary N) is 1. The minimum absolute atomic E-state index is 0.829. The molecule has 0 atom stereocenters. The van der Waals surface area contributed by atoms with Gasteiger partial charge in [-0.3, -0.25) is 0 Å². The van der Waals surface area contributed by atoms with E-state index in [0.29, 0.717) is 0 Å². The number of aryl methyl sites for hydroxylation is 1. The molecule has 2 N–H and O–H groups in total. The van der Waals surface area contributed by atoms with Gasteiger partial charge in [0.1, 0.15) is 5.75 Å². The van der Waals surface area contributed by atoms with Gasteiger partial charge in [-0.05, 0) is 19.1 Å². The van der Waals surface area contributed by atoms with E-state index in [9.17, 15) is 0 Å². The number of hydrogen-bond acceptors (Lipinski definition) is 2. The van der Waals surface area contributed by atoms with Crippen molar-refractivity contribution in [3.05, 3.63) is 48.5 Å². The number of anilines is 1. The highest BCUT2D eigenvalue weighted by Gasteiger charge is 2.15. The molecule has 0 spiro atoms. The van der Waals surface area contributed by atoms with Gasteiger partial charge in [0, 0.05) is 23.6 Å². The predicted molar refractivity (Wildman–Crippen MR) is 84.0 cm³/mol. The van der Waals surface area contributed by atoms with Crippen molar-refractivity contribution in [1.29, 1.82) is 0 Å². The molecule has 0 aliphatic heterocycles. The zero-order chi connectivity index (χ0) is 14.1. The van der Waals surface area contributed by atoms with E-state index in [-0.39, 0.29) is 0 Å². The van der Waals surface area contributed by atoms with E-state index in [2.05, 4.69) is 23.6 Å². The quantitative estimate of drug-likeness (QED) is 0.780. The van der Waals surface area contributed by atoms with Crippen molar-refractivity contribution in [3.8, 4) is 17.0 Å². The lowest BCUT2D eigenvalue weighted by Gasteiger charge is -2.09. The first-order chi connectivity index (χ1) is 9.76. The van der Waals surface area contributed by atoms with Crippen molar-refractivity contribution < 1.29 is 4.74 Å². The van der Waals surface area contributed by atoms with Crippen LogP contribution in [0.25, 0.3) is 22.2 Å². The van der Waals surface area contributed by atoms with Crippen LogP contribution in [-0.2, 0) is 6.54 Å². The van der Waals surface area contributed by atoms with Crippen LogP contribution in [0.15, 0.2) is 48.5 Å². The predicted octanol–water partition coefficient (Wildman–Crippen LogP) is 3.92. The van der Waals surface area contributed by atoms with Crippen LogP contribution >= 0.6 is 0 Å². The summed E-state index contributed by atoms with van der Waals surface area (Å²) in [6.07, 6.45) is 0. The standard InChI is InChI=1S/C17H18N2O/c1-3-19-15-11-13(20-2)9-10-14(15)16(18)17(19)12-7-5-4-6-8-12/h4-11H,3,18H2,1-2H3. The molecule has 2 aromatic carbocycles. The molecule has 0 amide bonds. The lowest BCUT2D eigenvalue weighted by atomic mass is 10.1. The van der Waals surface area contributed by atoms with E-state index in [1.165, 1.54) is 0 Å². The summed E-state index contributed by atoms with van der Waals surface area (Å²) < 4.78 is 7.56. The second-order valence-electron chi connectivity index (χ2n) is 4.76. The highest BCUT2D eigenvalue weighted by molar-refractivity contribution is 6.01. The van der Waals surface area contributed by atoms with Gasteiger partial charge in [0.15, 0.2) is 0 Å². The van der Waals surface area contributed by atoms with E-state index < -0.39 is 0 Å². The number of methoxy groups -OCH3 is 1. The SMILES string of the molecule is CCn1c(-c2ccccc2)c(N)c2ccc(OC)cc21. The average Bonchev–Trinajstić information content (AvgIpc) is 2.79. The molecule has 3 nitrogen and oxygen atoms in total. The van der Waals surface area contributed by atoms with Crippen LogP contribution in [-0.4, -0.2) is 11.7 Å².